The molecular weight excluding hydrogens is 259 g/mol. The van der Waals surface area contributed by atoms with Crippen molar-refractivity contribution < 1.29 is 9.99 Å². The lowest BCUT2D eigenvalue weighted by Gasteiger charge is -2.05. The molecule has 0 aromatic carbocycles. The van der Waals surface area contributed by atoms with E-state index in [0.717, 1.165) is 0 Å². The zero-order chi connectivity index (χ0) is 9.84. The molecule has 0 fully saturated rings. The van der Waals surface area contributed by atoms with Gasteiger partial charge in [0.2, 0.25) is 5.71 Å². The Morgan fingerprint density at radius 1 is 1.62 bits per heavy atom. The van der Waals surface area contributed by atoms with E-state index < -0.39 is 0 Å². The Hall–Kier alpha value is -0.810. The third-order valence-corrected chi connectivity index (χ3v) is 2.54. The van der Waals surface area contributed by atoms with E-state index in [4.69, 9.17) is 11.6 Å². The molecule has 0 aromatic rings. The maximum absolute atomic E-state index is 10.5. The van der Waals surface area contributed by atoms with Crippen LogP contribution in [0.15, 0.2) is 26.8 Å². The Bertz CT molecular complexity index is 333. The summed E-state index contributed by atoms with van der Waals surface area (Å²) in [6, 6.07) is 0. The van der Waals surface area contributed by atoms with Crippen molar-refractivity contribution in [3.05, 3.63) is 26.9 Å². The van der Waals surface area contributed by atoms with Crippen LogP contribution in [0.1, 0.15) is 0 Å². The van der Waals surface area contributed by atoms with Crippen molar-refractivity contribution >= 4 is 39.0 Å². The zero-order valence-corrected chi connectivity index (χ0v) is 9.02. The highest BCUT2D eigenvalue weighted by Crippen LogP contribution is 2.23. The molecule has 0 bridgehead atoms. The first kappa shape index (κ1) is 10.3. The van der Waals surface area contributed by atoms with Gasteiger partial charge in [-0.1, -0.05) is 16.8 Å². The Morgan fingerprint density at radius 3 is 2.85 bits per heavy atom. The van der Waals surface area contributed by atoms with Gasteiger partial charge in [0.1, 0.15) is 7.11 Å². The molecular formula is C7H6BrClN2O2. The fourth-order valence-corrected chi connectivity index (χ4v) is 1.29. The normalized spacial score (nSPS) is 23.0. The third-order valence-electron chi connectivity index (χ3n) is 1.34. The summed E-state index contributed by atoms with van der Waals surface area (Å²) in [5.74, 6) is 0. The van der Waals surface area contributed by atoms with Gasteiger partial charge in [-0.3, -0.25) is 0 Å². The van der Waals surface area contributed by atoms with Crippen molar-refractivity contribution in [1.29, 1.82) is 0 Å². The first-order valence-electron chi connectivity index (χ1n) is 3.30. The van der Waals surface area contributed by atoms with Gasteiger partial charge in [-0.2, -0.15) is 0 Å². The molecule has 1 aliphatic carbocycles. The predicted octanol–water partition coefficient (Wildman–Crippen LogP) is 0.423. The van der Waals surface area contributed by atoms with Crippen LogP contribution in [0.25, 0.3) is 0 Å². The molecule has 4 nitrogen and oxygen atoms in total. The van der Waals surface area contributed by atoms with Crippen LogP contribution in [0.5, 0.6) is 0 Å². The summed E-state index contributed by atoms with van der Waals surface area (Å²) in [4.78, 5) is 4.54. The van der Waals surface area contributed by atoms with Crippen LogP contribution in [-0.4, -0.2) is 18.5 Å². The van der Waals surface area contributed by atoms with Crippen molar-refractivity contribution in [3.8, 4) is 0 Å². The summed E-state index contributed by atoms with van der Waals surface area (Å²) >= 11 is 8.97. The number of allylic oxidation sites excluding steroid dienone is 4. The Morgan fingerprint density at radius 2 is 2.31 bits per heavy atom. The standard InChI is InChI=1S/C7H6BrClN2O2/c1-13-11-7-3-5(9)4(8)2-6(7)10-12/h2-3,10H,1H3/b10-6+,11-7-. The van der Waals surface area contributed by atoms with E-state index in [-0.39, 0.29) is 0 Å². The van der Waals surface area contributed by atoms with E-state index in [1.807, 2.05) is 0 Å². The Labute approximate surface area is 88.3 Å². The van der Waals surface area contributed by atoms with Crippen LogP contribution in [0.2, 0.25) is 0 Å². The number of hydrogen-bond acceptors (Lipinski definition) is 3. The molecule has 0 amide bonds. The number of nitrogens with zero attached hydrogens (tertiary/aromatic N) is 1. The van der Waals surface area contributed by atoms with Crippen LogP contribution in [-0.2, 0) is 4.84 Å². The maximum Gasteiger partial charge on any atom is 0.239 e. The van der Waals surface area contributed by atoms with Gasteiger partial charge in [0.05, 0.1) is 5.03 Å². The fourth-order valence-electron chi connectivity index (χ4n) is 0.792. The van der Waals surface area contributed by atoms with E-state index in [1.54, 1.807) is 5.16 Å². The summed E-state index contributed by atoms with van der Waals surface area (Å²) in [7, 11) is 1.39. The first-order chi connectivity index (χ1) is 6.19. The zero-order valence-electron chi connectivity index (χ0n) is 6.67. The lowest BCUT2D eigenvalue weighted by molar-refractivity contribution is -0.369. The van der Waals surface area contributed by atoms with Crippen molar-refractivity contribution in [2.75, 3.05) is 7.11 Å². The van der Waals surface area contributed by atoms with E-state index in [1.165, 1.54) is 19.3 Å². The molecule has 1 aliphatic rings. The second-order valence-electron chi connectivity index (χ2n) is 2.16. The summed E-state index contributed by atoms with van der Waals surface area (Å²) in [6.45, 7) is 0. The molecule has 0 unspecified atom stereocenters. The van der Waals surface area contributed by atoms with Crippen LogP contribution >= 0.6 is 27.5 Å². The summed E-state index contributed by atoms with van der Waals surface area (Å²) in [5, 5.41) is 16.3. The molecule has 0 saturated carbocycles. The summed E-state index contributed by atoms with van der Waals surface area (Å²) < 4.78 is 0.627. The highest BCUT2D eigenvalue weighted by Gasteiger charge is 2.18. The van der Waals surface area contributed by atoms with Gasteiger partial charge in [-0.05, 0) is 22.0 Å². The van der Waals surface area contributed by atoms with Crippen molar-refractivity contribution in [2.45, 2.75) is 0 Å². The van der Waals surface area contributed by atoms with Gasteiger partial charge in [-0.15, -0.1) is 0 Å². The smallest absolute Gasteiger partial charge is 0.239 e. The Kier molecular flexibility index (Phi) is 3.50. The van der Waals surface area contributed by atoms with Gasteiger partial charge in [-0.25, -0.2) is 5.16 Å². The lowest BCUT2D eigenvalue weighted by atomic mass is 10.1. The van der Waals surface area contributed by atoms with Gasteiger partial charge < -0.3 is 10.0 Å². The molecule has 0 heterocycles. The van der Waals surface area contributed by atoms with E-state index in [9.17, 15) is 5.21 Å². The van der Waals surface area contributed by atoms with Crippen LogP contribution < -0.4 is 5.16 Å². The number of hydrogen-bond donors (Lipinski definition) is 1. The molecule has 1 N–H and O–H groups in total. The fraction of sp³-hybridized carbons (Fsp3) is 0.143. The van der Waals surface area contributed by atoms with Crippen LogP contribution in [0.3, 0.4) is 0 Å². The highest BCUT2D eigenvalue weighted by molar-refractivity contribution is 9.12. The van der Waals surface area contributed by atoms with Gasteiger partial charge in [0.25, 0.3) is 0 Å². The summed E-state index contributed by atoms with van der Waals surface area (Å²) in [5.41, 5.74) is 0.670. The van der Waals surface area contributed by atoms with E-state index in [2.05, 4.69) is 25.9 Å². The highest BCUT2D eigenvalue weighted by atomic mass is 79.9. The van der Waals surface area contributed by atoms with Gasteiger partial charge in [0, 0.05) is 10.6 Å². The van der Waals surface area contributed by atoms with Crippen molar-refractivity contribution in [1.82, 2.24) is 0 Å². The SMILES string of the molecule is CO/N=C1/C=C(Cl)C(Br)=C/C1=[NH+]\[O-]. The molecule has 70 valence electrons. The molecule has 0 aliphatic heterocycles. The second kappa shape index (κ2) is 4.43. The average Bonchev–Trinajstić information content (AvgIpc) is 2.11. The van der Waals surface area contributed by atoms with Crippen LogP contribution in [0, 0.1) is 5.21 Å². The third kappa shape index (κ3) is 2.32. The lowest BCUT2D eigenvalue weighted by Crippen LogP contribution is -2.67. The second-order valence-corrected chi connectivity index (χ2v) is 3.42. The number of nitrogens with one attached hydrogen (secondary N) is 1. The van der Waals surface area contributed by atoms with Gasteiger partial charge in [0.15, 0.2) is 5.71 Å². The molecule has 6 heteroatoms. The molecule has 1 rings (SSSR count). The van der Waals surface area contributed by atoms with E-state index in [0.29, 0.717) is 20.9 Å². The minimum Gasteiger partial charge on any atom is -0.625 e. The van der Waals surface area contributed by atoms with Crippen molar-refractivity contribution in [3.63, 3.8) is 0 Å². The minimum atomic E-state index is 0.304. The predicted molar refractivity (Wildman–Crippen MR) is 54.7 cm³/mol. The molecule has 0 radical (unpaired) electrons. The monoisotopic (exact) mass is 264 g/mol. The van der Waals surface area contributed by atoms with Crippen molar-refractivity contribution in [2.24, 2.45) is 5.16 Å². The first-order valence-corrected chi connectivity index (χ1v) is 4.47. The Balaban J connectivity index is 3.08. The number of halogens is 2. The largest absolute Gasteiger partial charge is 0.625 e. The number of rotatable bonds is 1. The molecule has 0 aromatic heterocycles. The number of oxime groups is 1. The molecule has 0 atom stereocenters. The van der Waals surface area contributed by atoms with E-state index >= 15 is 0 Å². The van der Waals surface area contributed by atoms with Gasteiger partial charge >= 0.3 is 0 Å². The molecule has 0 spiro atoms. The quantitative estimate of drug-likeness (QED) is 0.424. The summed E-state index contributed by atoms with van der Waals surface area (Å²) in [6.07, 6.45) is 3.06. The van der Waals surface area contributed by atoms with Crippen LogP contribution in [0.4, 0.5) is 0 Å². The topological polar surface area (TPSA) is 58.6 Å². The molecule has 13 heavy (non-hydrogen) atoms. The average molecular weight is 265 g/mol. The molecule has 0 saturated heterocycles. The maximum atomic E-state index is 10.5. The minimum absolute atomic E-state index is 0.304.